The highest BCUT2D eigenvalue weighted by Crippen LogP contribution is 2.18. The van der Waals surface area contributed by atoms with Crippen molar-refractivity contribution in [2.45, 2.75) is 39.7 Å². The van der Waals surface area contributed by atoms with Crippen LogP contribution >= 0.6 is 11.3 Å². The van der Waals surface area contributed by atoms with Crippen molar-refractivity contribution >= 4 is 17.3 Å². The average Bonchev–Trinajstić information content (AvgIpc) is 3.09. The van der Waals surface area contributed by atoms with Crippen molar-refractivity contribution in [1.29, 1.82) is 0 Å². The Kier molecular flexibility index (Phi) is 7.73. The van der Waals surface area contributed by atoms with Crippen LogP contribution in [0, 0.1) is 0 Å². The first-order valence-corrected chi connectivity index (χ1v) is 9.59. The lowest BCUT2D eigenvalue weighted by Gasteiger charge is -2.11. The first-order valence-electron chi connectivity index (χ1n) is 8.71. The maximum absolute atomic E-state index is 5.26. The molecule has 0 bridgehead atoms. The van der Waals surface area contributed by atoms with E-state index in [0.29, 0.717) is 12.5 Å². The lowest BCUT2D eigenvalue weighted by atomic mass is 10.1. The van der Waals surface area contributed by atoms with Crippen LogP contribution < -0.4 is 15.4 Å². The normalized spacial score (nSPS) is 11.6. The number of methoxy groups -OCH3 is 1. The highest BCUT2D eigenvalue weighted by Gasteiger charge is 2.05. The third kappa shape index (κ3) is 6.38. The van der Waals surface area contributed by atoms with E-state index in [-0.39, 0.29) is 0 Å². The quantitative estimate of drug-likeness (QED) is 0.558. The number of aliphatic imine (C=N–C) groups is 1. The summed E-state index contributed by atoms with van der Waals surface area (Å²) in [6.45, 7) is 8.64. The van der Waals surface area contributed by atoms with Gasteiger partial charge in [-0.05, 0) is 37.0 Å². The summed E-state index contributed by atoms with van der Waals surface area (Å²) in [4.78, 5) is 9.27. The molecule has 1 aromatic carbocycles. The van der Waals surface area contributed by atoms with Crippen molar-refractivity contribution < 1.29 is 4.74 Å². The molecule has 2 aromatic rings. The van der Waals surface area contributed by atoms with Gasteiger partial charge < -0.3 is 15.4 Å². The second-order valence-corrected chi connectivity index (χ2v) is 6.99. The molecule has 0 saturated carbocycles. The van der Waals surface area contributed by atoms with E-state index in [0.717, 1.165) is 41.9 Å². The molecule has 1 heterocycles. The van der Waals surface area contributed by atoms with Crippen LogP contribution in [-0.4, -0.2) is 31.1 Å². The lowest BCUT2D eigenvalue weighted by molar-refractivity contribution is 0.414. The molecule has 5 nitrogen and oxygen atoms in total. The Morgan fingerprint density at radius 1 is 1.32 bits per heavy atom. The lowest BCUT2D eigenvalue weighted by Crippen LogP contribution is -2.38. The minimum atomic E-state index is 0.461. The molecular formula is C19H28N4OS. The first-order chi connectivity index (χ1) is 12.1. The van der Waals surface area contributed by atoms with Gasteiger partial charge in [-0.1, -0.05) is 26.0 Å². The van der Waals surface area contributed by atoms with E-state index in [2.05, 4.69) is 58.9 Å². The third-order valence-electron chi connectivity index (χ3n) is 3.72. The first kappa shape index (κ1) is 19.2. The number of nitrogens with zero attached hydrogens (tertiary/aromatic N) is 2. The van der Waals surface area contributed by atoms with Gasteiger partial charge in [0.25, 0.3) is 0 Å². The molecule has 2 rings (SSSR count). The van der Waals surface area contributed by atoms with Crippen molar-refractivity contribution in [3.63, 3.8) is 0 Å². The number of hydrogen-bond donors (Lipinski definition) is 2. The van der Waals surface area contributed by atoms with Gasteiger partial charge in [-0.15, -0.1) is 11.3 Å². The molecule has 0 aliphatic carbocycles. The van der Waals surface area contributed by atoms with Gasteiger partial charge in [0.05, 0.1) is 19.3 Å². The van der Waals surface area contributed by atoms with Crippen molar-refractivity contribution in [3.05, 3.63) is 45.9 Å². The molecule has 0 radical (unpaired) electrons. The Morgan fingerprint density at radius 2 is 2.16 bits per heavy atom. The summed E-state index contributed by atoms with van der Waals surface area (Å²) in [5.74, 6) is 2.18. The second kappa shape index (κ2) is 10.0. The van der Waals surface area contributed by atoms with Crippen molar-refractivity contribution in [2.75, 3.05) is 20.2 Å². The molecule has 0 unspecified atom stereocenters. The van der Waals surface area contributed by atoms with Gasteiger partial charge >= 0.3 is 0 Å². The zero-order valence-electron chi connectivity index (χ0n) is 15.5. The van der Waals surface area contributed by atoms with Gasteiger partial charge in [0, 0.05) is 18.5 Å². The Morgan fingerprint density at radius 3 is 2.84 bits per heavy atom. The van der Waals surface area contributed by atoms with E-state index in [4.69, 9.17) is 4.74 Å². The molecule has 0 saturated heterocycles. The molecule has 0 aliphatic heterocycles. The van der Waals surface area contributed by atoms with E-state index < -0.39 is 0 Å². The zero-order valence-corrected chi connectivity index (χ0v) is 16.3. The number of guanidine groups is 1. The molecule has 6 heteroatoms. The predicted molar refractivity (Wildman–Crippen MR) is 106 cm³/mol. The smallest absolute Gasteiger partial charge is 0.191 e. The van der Waals surface area contributed by atoms with Crippen LogP contribution in [0.4, 0.5) is 0 Å². The number of thiazole rings is 1. The molecule has 2 N–H and O–H groups in total. The molecule has 0 fully saturated rings. The van der Waals surface area contributed by atoms with E-state index in [1.54, 1.807) is 18.4 Å². The van der Waals surface area contributed by atoms with Crippen LogP contribution in [0.2, 0.25) is 0 Å². The second-order valence-electron chi connectivity index (χ2n) is 6.04. The number of aromatic nitrogens is 1. The Bertz CT molecular complexity index is 682. The molecule has 0 spiro atoms. The zero-order chi connectivity index (χ0) is 18.1. The molecule has 0 amide bonds. The molecule has 0 atom stereocenters. The van der Waals surface area contributed by atoms with Gasteiger partial charge in [-0.3, -0.25) is 0 Å². The Labute approximate surface area is 154 Å². The maximum Gasteiger partial charge on any atom is 0.191 e. The molecule has 1 aromatic heterocycles. The number of hydrogen-bond acceptors (Lipinski definition) is 4. The third-order valence-corrected chi connectivity index (χ3v) is 4.57. The Balaban J connectivity index is 1.88. The van der Waals surface area contributed by atoms with E-state index in [9.17, 15) is 0 Å². The van der Waals surface area contributed by atoms with Gasteiger partial charge in [-0.25, -0.2) is 9.98 Å². The number of ether oxygens (including phenoxy) is 1. The minimum Gasteiger partial charge on any atom is -0.497 e. The molecule has 136 valence electrons. The summed E-state index contributed by atoms with van der Waals surface area (Å²) in [5, 5.41) is 9.84. The summed E-state index contributed by atoms with van der Waals surface area (Å²) < 4.78 is 5.26. The maximum atomic E-state index is 5.26. The number of benzene rings is 1. The fourth-order valence-corrected chi connectivity index (χ4v) is 3.18. The SMILES string of the molecule is CCNC(=NCc1nc(C(C)C)cs1)NCCc1cccc(OC)c1. The van der Waals surface area contributed by atoms with Gasteiger partial charge in [0.2, 0.25) is 0 Å². The van der Waals surface area contributed by atoms with Crippen LogP contribution in [0.15, 0.2) is 34.6 Å². The summed E-state index contributed by atoms with van der Waals surface area (Å²) in [6.07, 6.45) is 0.913. The number of rotatable bonds is 8. The minimum absolute atomic E-state index is 0.461. The van der Waals surface area contributed by atoms with Gasteiger partial charge in [0.1, 0.15) is 10.8 Å². The highest BCUT2D eigenvalue weighted by atomic mass is 32.1. The fourth-order valence-electron chi connectivity index (χ4n) is 2.30. The Hall–Kier alpha value is -2.08. The number of nitrogens with one attached hydrogen (secondary N) is 2. The van der Waals surface area contributed by atoms with Crippen molar-refractivity contribution in [1.82, 2.24) is 15.6 Å². The standard InChI is InChI=1S/C19H28N4OS/c1-5-20-19(22-12-18-23-17(13-25-18)14(2)3)21-10-9-15-7-6-8-16(11-15)24-4/h6-8,11,13-14H,5,9-10,12H2,1-4H3,(H2,20,21,22). The van der Waals surface area contributed by atoms with Crippen LogP contribution in [0.1, 0.15) is 43.0 Å². The monoisotopic (exact) mass is 360 g/mol. The van der Waals surface area contributed by atoms with E-state index >= 15 is 0 Å². The molecule has 0 aliphatic rings. The van der Waals surface area contributed by atoms with Gasteiger partial charge in [0.15, 0.2) is 5.96 Å². The largest absolute Gasteiger partial charge is 0.497 e. The summed E-state index contributed by atoms with van der Waals surface area (Å²) in [7, 11) is 1.69. The summed E-state index contributed by atoms with van der Waals surface area (Å²) in [6, 6.07) is 8.15. The molecule has 25 heavy (non-hydrogen) atoms. The van der Waals surface area contributed by atoms with Crippen LogP contribution in [0.5, 0.6) is 5.75 Å². The summed E-state index contributed by atoms with van der Waals surface area (Å²) >= 11 is 1.68. The van der Waals surface area contributed by atoms with Crippen LogP contribution in [0.3, 0.4) is 0 Å². The fraction of sp³-hybridized carbons (Fsp3) is 0.474. The topological polar surface area (TPSA) is 58.5 Å². The van der Waals surface area contributed by atoms with Crippen LogP contribution in [-0.2, 0) is 13.0 Å². The molecular weight excluding hydrogens is 332 g/mol. The predicted octanol–water partition coefficient (Wildman–Crippen LogP) is 3.57. The van der Waals surface area contributed by atoms with Crippen LogP contribution in [0.25, 0.3) is 0 Å². The summed E-state index contributed by atoms with van der Waals surface area (Å²) in [5.41, 5.74) is 2.38. The van der Waals surface area contributed by atoms with Crippen molar-refractivity contribution in [2.24, 2.45) is 4.99 Å². The van der Waals surface area contributed by atoms with E-state index in [1.165, 1.54) is 5.56 Å². The van der Waals surface area contributed by atoms with E-state index in [1.807, 2.05) is 12.1 Å². The van der Waals surface area contributed by atoms with Crippen molar-refractivity contribution in [3.8, 4) is 5.75 Å². The van der Waals surface area contributed by atoms with Gasteiger partial charge in [-0.2, -0.15) is 0 Å². The average molecular weight is 361 g/mol. The highest BCUT2D eigenvalue weighted by molar-refractivity contribution is 7.09.